The number of benzene rings is 1. The third kappa shape index (κ3) is 2.65. The van der Waals surface area contributed by atoms with Crippen molar-refractivity contribution in [1.29, 1.82) is 5.26 Å². The van der Waals surface area contributed by atoms with Crippen LogP contribution in [-0.4, -0.2) is 0 Å². The maximum atomic E-state index is 8.61. The van der Waals surface area contributed by atoms with E-state index in [4.69, 9.17) is 5.26 Å². The molecule has 2 heteroatoms. The molecule has 0 heterocycles. The van der Waals surface area contributed by atoms with Gasteiger partial charge in [-0.25, -0.2) is 0 Å². The number of allylic oxidation sites excluding steroid dienone is 1. The molecule has 72 valence electrons. The topological polar surface area (TPSA) is 23.8 Å². The molecular weight excluding hydrogens is 190 g/mol. The van der Waals surface area contributed by atoms with Gasteiger partial charge in [-0.3, -0.25) is 0 Å². The molecule has 0 saturated heterocycles. The Labute approximate surface area is 89.4 Å². The SMILES string of the molecule is CC(C#N)=CSc1cccc(C)c1C. The molecule has 0 saturated carbocycles. The molecule has 1 nitrogen and oxygen atoms in total. The van der Waals surface area contributed by atoms with Crippen LogP contribution in [0.15, 0.2) is 34.1 Å². The van der Waals surface area contributed by atoms with Crippen LogP contribution in [0.4, 0.5) is 0 Å². The van der Waals surface area contributed by atoms with Crippen molar-refractivity contribution in [3.63, 3.8) is 0 Å². The Morgan fingerprint density at radius 1 is 1.43 bits per heavy atom. The molecule has 0 aliphatic rings. The van der Waals surface area contributed by atoms with Crippen molar-refractivity contribution in [2.75, 3.05) is 0 Å². The lowest BCUT2D eigenvalue weighted by Gasteiger charge is -2.04. The number of thioether (sulfide) groups is 1. The highest BCUT2D eigenvalue weighted by atomic mass is 32.2. The van der Waals surface area contributed by atoms with Crippen molar-refractivity contribution in [2.45, 2.75) is 25.7 Å². The van der Waals surface area contributed by atoms with E-state index in [1.165, 1.54) is 16.0 Å². The third-order valence-corrected chi connectivity index (χ3v) is 3.26. The predicted octanol–water partition coefficient (Wildman–Crippen LogP) is 3.82. The van der Waals surface area contributed by atoms with Crippen molar-refractivity contribution in [2.24, 2.45) is 0 Å². The van der Waals surface area contributed by atoms with Crippen LogP contribution in [0, 0.1) is 25.2 Å². The fourth-order valence-electron chi connectivity index (χ4n) is 1.03. The zero-order chi connectivity index (χ0) is 10.6. The van der Waals surface area contributed by atoms with Crippen LogP contribution in [0.5, 0.6) is 0 Å². The van der Waals surface area contributed by atoms with Crippen LogP contribution in [0.2, 0.25) is 0 Å². The number of hydrogen-bond acceptors (Lipinski definition) is 2. The molecule has 0 bridgehead atoms. The van der Waals surface area contributed by atoms with Gasteiger partial charge in [0, 0.05) is 10.5 Å². The molecule has 1 aromatic rings. The molecule has 1 aromatic carbocycles. The quantitative estimate of drug-likeness (QED) is 0.539. The Balaban J connectivity index is 2.89. The first-order valence-corrected chi connectivity index (χ1v) is 5.33. The van der Waals surface area contributed by atoms with Gasteiger partial charge in [-0.15, -0.1) is 0 Å². The van der Waals surface area contributed by atoms with Crippen LogP contribution < -0.4 is 0 Å². The summed E-state index contributed by atoms with van der Waals surface area (Å²) >= 11 is 1.61. The van der Waals surface area contributed by atoms with Gasteiger partial charge in [-0.05, 0) is 43.4 Å². The minimum absolute atomic E-state index is 0.746. The van der Waals surface area contributed by atoms with Crippen molar-refractivity contribution in [1.82, 2.24) is 0 Å². The summed E-state index contributed by atoms with van der Waals surface area (Å²) in [6.07, 6.45) is 0. The standard InChI is InChI=1S/C12H13NS/c1-9(7-13)8-14-12-6-4-5-10(2)11(12)3/h4-6,8H,1-3H3. The van der Waals surface area contributed by atoms with Crippen molar-refractivity contribution in [3.8, 4) is 6.07 Å². The van der Waals surface area contributed by atoms with E-state index < -0.39 is 0 Å². The molecule has 0 aliphatic carbocycles. The maximum absolute atomic E-state index is 8.61. The van der Waals surface area contributed by atoms with Crippen molar-refractivity contribution < 1.29 is 0 Å². The Kier molecular flexibility index (Phi) is 3.79. The Hall–Kier alpha value is -1.20. The molecule has 0 amide bonds. The van der Waals surface area contributed by atoms with Gasteiger partial charge in [-0.1, -0.05) is 23.9 Å². The largest absolute Gasteiger partial charge is 0.193 e. The fraction of sp³-hybridized carbons (Fsp3) is 0.250. The minimum atomic E-state index is 0.746. The van der Waals surface area contributed by atoms with Crippen LogP contribution in [-0.2, 0) is 0 Å². The smallest absolute Gasteiger partial charge is 0.0949 e. The van der Waals surface area contributed by atoms with Gasteiger partial charge in [-0.2, -0.15) is 5.26 Å². The lowest BCUT2D eigenvalue weighted by Crippen LogP contribution is -1.82. The van der Waals surface area contributed by atoms with Gasteiger partial charge >= 0.3 is 0 Å². The number of nitriles is 1. The van der Waals surface area contributed by atoms with Gasteiger partial charge in [0.2, 0.25) is 0 Å². The fourth-order valence-corrected chi connectivity index (χ4v) is 1.88. The summed E-state index contributed by atoms with van der Waals surface area (Å²) < 4.78 is 0. The normalized spacial score (nSPS) is 11.1. The van der Waals surface area contributed by atoms with E-state index in [1.807, 2.05) is 18.4 Å². The second kappa shape index (κ2) is 4.88. The predicted molar refractivity (Wildman–Crippen MR) is 61.1 cm³/mol. The first kappa shape index (κ1) is 10.9. The Morgan fingerprint density at radius 3 is 2.79 bits per heavy atom. The second-order valence-corrected chi connectivity index (χ2v) is 4.14. The highest BCUT2D eigenvalue weighted by molar-refractivity contribution is 8.02. The van der Waals surface area contributed by atoms with Gasteiger partial charge in [0.15, 0.2) is 0 Å². The lowest BCUT2D eigenvalue weighted by molar-refractivity contribution is 1.23. The highest BCUT2D eigenvalue weighted by Crippen LogP contribution is 2.26. The molecule has 0 N–H and O–H groups in total. The number of hydrogen-bond donors (Lipinski definition) is 0. The number of rotatable bonds is 2. The maximum Gasteiger partial charge on any atom is 0.0949 e. The first-order valence-electron chi connectivity index (χ1n) is 4.45. The Bertz CT molecular complexity index is 399. The molecule has 0 spiro atoms. The molecule has 0 atom stereocenters. The van der Waals surface area contributed by atoms with E-state index in [2.05, 4.69) is 32.0 Å². The summed E-state index contributed by atoms with van der Waals surface area (Å²) in [7, 11) is 0. The van der Waals surface area contributed by atoms with Gasteiger partial charge in [0.25, 0.3) is 0 Å². The average Bonchev–Trinajstić information content (AvgIpc) is 2.20. The minimum Gasteiger partial charge on any atom is -0.193 e. The van der Waals surface area contributed by atoms with Crippen LogP contribution in [0.25, 0.3) is 0 Å². The van der Waals surface area contributed by atoms with E-state index in [1.54, 1.807) is 11.8 Å². The highest BCUT2D eigenvalue weighted by Gasteiger charge is 1.99. The summed E-state index contributed by atoms with van der Waals surface area (Å²) in [5.41, 5.74) is 3.33. The van der Waals surface area contributed by atoms with Crippen molar-refractivity contribution >= 4 is 11.8 Å². The summed E-state index contributed by atoms with van der Waals surface area (Å²) in [6.45, 7) is 6.02. The van der Waals surface area contributed by atoms with Gasteiger partial charge in [0.1, 0.15) is 0 Å². The summed E-state index contributed by atoms with van der Waals surface area (Å²) in [5, 5.41) is 10.5. The van der Waals surface area contributed by atoms with Crippen LogP contribution >= 0.6 is 11.8 Å². The number of aryl methyl sites for hydroxylation is 1. The summed E-state index contributed by atoms with van der Waals surface area (Å²) in [4.78, 5) is 1.22. The summed E-state index contributed by atoms with van der Waals surface area (Å²) in [5.74, 6) is 0. The molecule has 0 radical (unpaired) electrons. The number of nitrogens with zero attached hydrogens (tertiary/aromatic N) is 1. The lowest BCUT2D eigenvalue weighted by atomic mass is 10.1. The average molecular weight is 203 g/mol. The third-order valence-electron chi connectivity index (χ3n) is 2.09. The van der Waals surface area contributed by atoms with E-state index in [-0.39, 0.29) is 0 Å². The Morgan fingerprint density at radius 2 is 2.14 bits per heavy atom. The van der Waals surface area contributed by atoms with Crippen LogP contribution in [0.3, 0.4) is 0 Å². The molecular formula is C12H13NS. The second-order valence-electron chi connectivity index (χ2n) is 3.23. The molecule has 1 rings (SSSR count). The van der Waals surface area contributed by atoms with Gasteiger partial charge < -0.3 is 0 Å². The van der Waals surface area contributed by atoms with Crippen molar-refractivity contribution in [3.05, 3.63) is 40.3 Å². The van der Waals surface area contributed by atoms with E-state index in [0.29, 0.717) is 0 Å². The molecule has 0 aromatic heterocycles. The zero-order valence-corrected chi connectivity index (χ0v) is 9.48. The summed E-state index contributed by atoms with van der Waals surface area (Å²) in [6, 6.07) is 8.33. The van der Waals surface area contributed by atoms with Gasteiger partial charge in [0.05, 0.1) is 6.07 Å². The monoisotopic (exact) mass is 203 g/mol. The molecule has 0 fully saturated rings. The van der Waals surface area contributed by atoms with Crippen LogP contribution in [0.1, 0.15) is 18.1 Å². The zero-order valence-electron chi connectivity index (χ0n) is 8.66. The molecule has 14 heavy (non-hydrogen) atoms. The molecule has 0 unspecified atom stereocenters. The van der Waals surface area contributed by atoms with E-state index in [0.717, 1.165) is 5.57 Å². The van der Waals surface area contributed by atoms with E-state index in [9.17, 15) is 0 Å². The van der Waals surface area contributed by atoms with E-state index >= 15 is 0 Å². The molecule has 0 aliphatic heterocycles. The first-order chi connectivity index (χ1) is 6.65.